The predicted molar refractivity (Wildman–Crippen MR) is 172 cm³/mol. The highest BCUT2D eigenvalue weighted by molar-refractivity contribution is 7.86. The molecule has 0 radical (unpaired) electrons. The van der Waals surface area contributed by atoms with Crippen LogP contribution in [0.15, 0.2) is 86.0 Å². The molecular weight excluding hydrogens is 620 g/mol. The summed E-state index contributed by atoms with van der Waals surface area (Å²) in [5, 5.41) is 0. The van der Waals surface area contributed by atoms with Crippen LogP contribution in [0.1, 0.15) is 50.7 Å². The Hall–Kier alpha value is -2.42. The maximum Gasteiger partial charge on any atom is 0.264 e. The van der Waals surface area contributed by atoms with Gasteiger partial charge in [0.05, 0.1) is 37.9 Å². The van der Waals surface area contributed by atoms with E-state index in [-0.39, 0.29) is 26.1 Å². The molecule has 12 heteroatoms. The van der Waals surface area contributed by atoms with Crippen molar-refractivity contribution < 1.29 is 44.1 Å². The Balaban J connectivity index is 1.70. The summed E-state index contributed by atoms with van der Waals surface area (Å²) < 4.78 is 84.0. The van der Waals surface area contributed by atoms with Gasteiger partial charge in [-0.15, -0.1) is 13.2 Å². The quantitative estimate of drug-likeness (QED) is 0.136. The molecule has 1 aliphatic heterocycles. The molecule has 3 rings (SSSR count). The molecule has 6 atom stereocenters. The second-order valence-corrected chi connectivity index (χ2v) is 14.7. The summed E-state index contributed by atoms with van der Waals surface area (Å²) in [5.41, 5.74) is 1.85. The minimum Gasteiger partial charge on any atom is -0.367 e. The summed E-state index contributed by atoms with van der Waals surface area (Å²) >= 11 is 0. The van der Waals surface area contributed by atoms with E-state index in [0.717, 1.165) is 23.6 Å². The van der Waals surface area contributed by atoms with Crippen LogP contribution >= 0.6 is 0 Å². The van der Waals surface area contributed by atoms with Gasteiger partial charge in [0.25, 0.3) is 20.2 Å². The van der Waals surface area contributed by atoms with Gasteiger partial charge >= 0.3 is 0 Å². The molecule has 250 valence electrons. The van der Waals surface area contributed by atoms with Crippen molar-refractivity contribution in [2.45, 2.75) is 95.2 Å². The molecule has 0 bridgehead atoms. The first-order valence-corrected chi connectivity index (χ1v) is 18.5. The molecule has 0 unspecified atom stereocenters. The summed E-state index contributed by atoms with van der Waals surface area (Å²) in [5.74, 6) is -0.918. The fraction of sp³-hybridized carbons (Fsp3) is 0.515. The second kappa shape index (κ2) is 16.9. The Morgan fingerprint density at radius 3 is 1.38 bits per heavy atom. The number of hydrogen-bond donors (Lipinski definition) is 0. The van der Waals surface area contributed by atoms with Crippen LogP contribution in [-0.4, -0.2) is 71.8 Å². The summed E-state index contributed by atoms with van der Waals surface area (Å²) in [7, 11) is -7.63. The lowest BCUT2D eigenvalue weighted by atomic mass is 9.97. The Morgan fingerprint density at radius 1 is 0.711 bits per heavy atom. The summed E-state index contributed by atoms with van der Waals surface area (Å²) in [4.78, 5) is 0. The van der Waals surface area contributed by atoms with Crippen molar-refractivity contribution in [3.05, 3.63) is 97.1 Å². The molecule has 0 amide bonds. The molecule has 2 aromatic carbocycles. The van der Waals surface area contributed by atoms with Crippen molar-refractivity contribution in [1.29, 1.82) is 0 Å². The second-order valence-electron chi connectivity index (χ2n) is 11.5. The number of rotatable bonds is 20. The van der Waals surface area contributed by atoms with Gasteiger partial charge < -0.3 is 18.9 Å². The Bertz CT molecular complexity index is 1300. The van der Waals surface area contributed by atoms with Crippen LogP contribution in [0.4, 0.5) is 0 Å². The first-order valence-electron chi connectivity index (χ1n) is 14.9. The number of ether oxygens (including phenoxy) is 4. The van der Waals surface area contributed by atoms with Crippen LogP contribution in [-0.2, 0) is 60.8 Å². The average molecular weight is 667 g/mol. The molecule has 2 aromatic rings. The molecule has 0 aliphatic carbocycles. The van der Waals surface area contributed by atoms with Crippen LogP contribution in [0.25, 0.3) is 0 Å². The van der Waals surface area contributed by atoms with Crippen LogP contribution in [0.3, 0.4) is 0 Å². The standard InChI is InChI=1S/C33H46O10S2/c1-7-27(38-23-25-15-11-9-12-16-25)31(42-44(5,34)35)21-19-29-30(41-33(3,4)40-29)20-22-32(43-45(6,36)37)28(8-2)39-24-26-17-13-10-14-18-26/h7-18,27-32H,1-2,19-24H2,3-6H3/t27-,28-,29-,30-,31-,32-/m1/s1. The zero-order valence-corrected chi connectivity index (χ0v) is 28.1. The normalized spacial score (nSPS) is 21.1. The van der Waals surface area contributed by atoms with E-state index in [2.05, 4.69) is 13.2 Å². The lowest BCUT2D eigenvalue weighted by molar-refractivity contribution is -0.148. The van der Waals surface area contributed by atoms with Gasteiger partial charge in [-0.05, 0) is 50.7 Å². The van der Waals surface area contributed by atoms with Crippen LogP contribution < -0.4 is 0 Å². The Labute approximate surface area is 268 Å². The van der Waals surface area contributed by atoms with Gasteiger partial charge in [-0.1, -0.05) is 72.8 Å². The van der Waals surface area contributed by atoms with E-state index in [4.69, 9.17) is 27.3 Å². The molecule has 10 nitrogen and oxygen atoms in total. The fourth-order valence-electron chi connectivity index (χ4n) is 5.23. The van der Waals surface area contributed by atoms with E-state index in [0.29, 0.717) is 12.8 Å². The lowest BCUT2D eigenvalue weighted by Crippen LogP contribution is -2.35. The van der Waals surface area contributed by atoms with Crippen LogP contribution in [0.2, 0.25) is 0 Å². The minimum atomic E-state index is -3.82. The Kier molecular flexibility index (Phi) is 13.9. The molecule has 1 aliphatic rings. The van der Waals surface area contributed by atoms with E-state index >= 15 is 0 Å². The van der Waals surface area contributed by atoms with Gasteiger partial charge in [-0.25, -0.2) is 0 Å². The molecule has 45 heavy (non-hydrogen) atoms. The first kappa shape index (κ1) is 37.0. The third-order valence-electron chi connectivity index (χ3n) is 7.12. The molecule has 0 aromatic heterocycles. The van der Waals surface area contributed by atoms with Crippen molar-refractivity contribution in [1.82, 2.24) is 0 Å². The van der Waals surface area contributed by atoms with E-state index < -0.39 is 62.6 Å². The van der Waals surface area contributed by atoms with Crippen molar-refractivity contribution in [3.8, 4) is 0 Å². The monoisotopic (exact) mass is 666 g/mol. The summed E-state index contributed by atoms with van der Waals surface area (Å²) in [6, 6.07) is 19.0. The molecule has 1 heterocycles. The smallest absolute Gasteiger partial charge is 0.264 e. The maximum atomic E-state index is 12.2. The van der Waals surface area contributed by atoms with Gasteiger partial charge in [-0.3, -0.25) is 8.37 Å². The number of benzene rings is 2. The van der Waals surface area contributed by atoms with Crippen LogP contribution in [0.5, 0.6) is 0 Å². The highest BCUT2D eigenvalue weighted by Gasteiger charge is 2.42. The first-order chi connectivity index (χ1) is 21.2. The topological polar surface area (TPSA) is 124 Å². The van der Waals surface area contributed by atoms with E-state index in [1.807, 2.05) is 60.7 Å². The third kappa shape index (κ3) is 13.5. The highest BCUT2D eigenvalue weighted by Crippen LogP contribution is 2.35. The minimum absolute atomic E-state index is 0.248. The fourth-order valence-corrected chi connectivity index (χ4v) is 6.54. The molecule has 1 saturated heterocycles. The number of hydrogen-bond acceptors (Lipinski definition) is 10. The van der Waals surface area contributed by atoms with Crippen molar-refractivity contribution in [3.63, 3.8) is 0 Å². The summed E-state index contributed by atoms with van der Waals surface area (Å²) in [6.45, 7) is 11.8. The Morgan fingerprint density at radius 2 is 1.07 bits per heavy atom. The van der Waals surface area contributed by atoms with E-state index in [1.54, 1.807) is 13.8 Å². The van der Waals surface area contributed by atoms with Gasteiger partial charge in [0.2, 0.25) is 0 Å². The largest absolute Gasteiger partial charge is 0.367 e. The SMILES string of the molecule is C=C[C@@H](OCc1ccccc1)[C@@H](CC[C@H]1OC(C)(C)O[C@@H]1CC[C@@H](OS(C)(=O)=O)[C@@H](C=C)OCc1ccccc1)OS(C)(=O)=O. The zero-order chi connectivity index (χ0) is 33.1. The van der Waals surface area contributed by atoms with Crippen LogP contribution in [0, 0.1) is 0 Å². The van der Waals surface area contributed by atoms with Gasteiger partial charge in [-0.2, -0.15) is 16.8 Å². The lowest BCUT2D eigenvalue weighted by Gasteiger charge is -2.27. The predicted octanol–water partition coefficient (Wildman–Crippen LogP) is 5.30. The van der Waals surface area contributed by atoms with Gasteiger partial charge in [0.1, 0.15) is 24.4 Å². The summed E-state index contributed by atoms with van der Waals surface area (Å²) in [6.07, 6.45) is 2.30. The van der Waals surface area contributed by atoms with Crippen molar-refractivity contribution >= 4 is 20.2 Å². The van der Waals surface area contributed by atoms with Crippen molar-refractivity contribution in [2.24, 2.45) is 0 Å². The highest BCUT2D eigenvalue weighted by atomic mass is 32.2. The van der Waals surface area contributed by atoms with E-state index in [1.165, 1.54) is 12.2 Å². The van der Waals surface area contributed by atoms with E-state index in [9.17, 15) is 16.8 Å². The molecule has 0 saturated carbocycles. The molecule has 0 N–H and O–H groups in total. The molecule has 1 fully saturated rings. The zero-order valence-electron chi connectivity index (χ0n) is 26.4. The maximum absolute atomic E-state index is 12.2. The molecular formula is C33H46O10S2. The van der Waals surface area contributed by atoms with Gasteiger partial charge in [0.15, 0.2) is 5.79 Å². The average Bonchev–Trinajstić information content (AvgIpc) is 3.27. The van der Waals surface area contributed by atoms with Crippen molar-refractivity contribution in [2.75, 3.05) is 12.5 Å². The third-order valence-corrected chi connectivity index (χ3v) is 8.31. The molecule has 0 spiro atoms. The van der Waals surface area contributed by atoms with Gasteiger partial charge in [0, 0.05) is 0 Å².